The molecule has 1 saturated heterocycles. The Balaban J connectivity index is 0.00000312. The van der Waals surface area contributed by atoms with Crippen LogP contribution in [0.15, 0.2) is 30.9 Å². The van der Waals surface area contributed by atoms with E-state index in [-0.39, 0.29) is 23.5 Å². The minimum absolute atomic E-state index is 0. The molecule has 1 aliphatic heterocycles. The fourth-order valence-corrected chi connectivity index (χ4v) is 3.37. The first-order valence-corrected chi connectivity index (χ1v) is 8.73. The Morgan fingerprint density at radius 3 is 2.52 bits per heavy atom. The smallest absolute Gasteiger partial charge is 0.314 e. The molecule has 1 fully saturated rings. The lowest BCUT2D eigenvalue weighted by Gasteiger charge is -2.35. The van der Waals surface area contributed by atoms with Gasteiger partial charge >= 0.3 is 6.18 Å². The van der Waals surface area contributed by atoms with Crippen LogP contribution in [-0.2, 0) is 6.18 Å². The average molecular weight is 397 g/mol. The zero-order valence-corrected chi connectivity index (χ0v) is 15.7. The summed E-state index contributed by atoms with van der Waals surface area (Å²) in [6.07, 6.45) is 1.19. The van der Waals surface area contributed by atoms with E-state index in [0.717, 1.165) is 51.9 Å². The lowest BCUT2D eigenvalue weighted by molar-refractivity contribution is -0.137. The molecule has 0 aromatic heterocycles. The molecule has 1 aliphatic rings. The molecule has 0 unspecified atom stereocenters. The van der Waals surface area contributed by atoms with Gasteiger partial charge in [-0.3, -0.25) is 4.90 Å². The SMILES string of the molecule is C=CCCCC[C@H](c1ccc(Cl)c(C(F)(F)F)c1)N1CCNCC1.Cl. The van der Waals surface area contributed by atoms with Crippen molar-refractivity contribution < 1.29 is 13.2 Å². The number of halogens is 5. The van der Waals surface area contributed by atoms with Gasteiger partial charge in [0.2, 0.25) is 0 Å². The number of alkyl halides is 3. The maximum Gasteiger partial charge on any atom is 0.417 e. The normalized spacial score (nSPS) is 17.0. The standard InChI is InChI=1S/C18H24ClF3N2.ClH/c1-2-3-4-5-6-17(24-11-9-23-10-12-24)14-7-8-16(19)15(13-14)18(20,21)22;/h2,7-8,13,17,23H,1,3-6,9-12H2;1H/t17-;/m1./s1. The average Bonchev–Trinajstić information content (AvgIpc) is 2.55. The van der Waals surface area contributed by atoms with E-state index in [9.17, 15) is 13.2 Å². The van der Waals surface area contributed by atoms with Crippen LogP contribution in [-0.4, -0.2) is 31.1 Å². The third-order valence-corrected chi connectivity index (χ3v) is 4.74. The Kier molecular flexibility index (Phi) is 9.28. The van der Waals surface area contributed by atoms with Crippen molar-refractivity contribution in [2.75, 3.05) is 26.2 Å². The molecule has 0 radical (unpaired) electrons. The third-order valence-electron chi connectivity index (χ3n) is 4.41. The molecule has 0 aliphatic carbocycles. The summed E-state index contributed by atoms with van der Waals surface area (Å²) in [5.74, 6) is 0. The monoisotopic (exact) mass is 396 g/mol. The van der Waals surface area contributed by atoms with Gasteiger partial charge in [-0.15, -0.1) is 19.0 Å². The summed E-state index contributed by atoms with van der Waals surface area (Å²) < 4.78 is 39.5. The number of nitrogens with one attached hydrogen (secondary N) is 1. The molecule has 0 bridgehead atoms. The zero-order valence-electron chi connectivity index (χ0n) is 14.1. The summed E-state index contributed by atoms with van der Waals surface area (Å²) in [4.78, 5) is 2.27. The number of benzene rings is 1. The fourth-order valence-electron chi connectivity index (χ4n) is 3.15. The molecule has 1 aromatic carbocycles. The quantitative estimate of drug-likeness (QED) is 0.485. The highest BCUT2D eigenvalue weighted by molar-refractivity contribution is 6.31. The predicted octanol–water partition coefficient (Wildman–Crippen LogP) is 5.47. The summed E-state index contributed by atoms with van der Waals surface area (Å²) in [5, 5.41) is 3.05. The van der Waals surface area contributed by atoms with Gasteiger partial charge in [-0.25, -0.2) is 0 Å². The van der Waals surface area contributed by atoms with Crippen molar-refractivity contribution in [3.63, 3.8) is 0 Å². The molecule has 2 nitrogen and oxygen atoms in total. The summed E-state index contributed by atoms with van der Waals surface area (Å²) in [7, 11) is 0. The van der Waals surface area contributed by atoms with Crippen molar-refractivity contribution in [3.05, 3.63) is 47.0 Å². The van der Waals surface area contributed by atoms with E-state index in [4.69, 9.17) is 11.6 Å². The van der Waals surface area contributed by atoms with Gasteiger partial charge in [0, 0.05) is 32.2 Å². The van der Waals surface area contributed by atoms with Crippen LogP contribution in [0.5, 0.6) is 0 Å². The van der Waals surface area contributed by atoms with Gasteiger partial charge in [-0.05, 0) is 37.0 Å². The van der Waals surface area contributed by atoms with Crippen molar-refractivity contribution in [2.24, 2.45) is 0 Å². The Bertz CT molecular complexity index is 544. The molecule has 142 valence electrons. The van der Waals surface area contributed by atoms with Crippen molar-refractivity contribution in [3.8, 4) is 0 Å². The molecule has 2 rings (SSSR count). The number of hydrogen-bond acceptors (Lipinski definition) is 2. The molecule has 0 saturated carbocycles. The maximum atomic E-state index is 13.2. The minimum atomic E-state index is -4.43. The zero-order chi connectivity index (χ0) is 17.6. The van der Waals surface area contributed by atoms with Crippen LogP contribution < -0.4 is 5.32 Å². The van der Waals surface area contributed by atoms with E-state index in [0.29, 0.717) is 5.56 Å². The van der Waals surface area contributed by atoms with Crippen LogP contribution in [0.25, 0.3) is 0 Å². The minimum Gasteiger partial charge on any atom is -0.314 e. The Labute approximate surface area is 158 Å². The van der Waals surface area contributed by atoms with Crippen molar-refractivity contribution >= 4 is 24.0 Å². The molecule has 7 heteroatoms. The Morgan fingerprint density at radius 2 is 1.92 bits per heavy atom. The second-order valence-corrected chi connectivity index (χ2v) is 6.52. The molecule has 1 aromatic rings. The second kappa shape index (κ2) is 10.4. The van der Waals surface area contributed by atoms with Crippen molar-refractivity contribution in [2.45, 2.75) is 37.9 Å². The lowest BCUT2D eigenvalue weighted by Crippen LogP contribution is -2.45. The van der Waals surface area contributed by atoms with E-state index >= 15 is 0 Å². The van der Waals surface area contributed by atoms with E-state index < -0.39 is 11.7 Å². The Hall–Kier alpha value is -0.750. The number of hydrogen-bond donors (Lipinski definition) is 1. The number of nitrogens with zero attached hydrogens (tertiary/aromatic N) is 1. The number of piperazine rings is 1. The molecular formula is C18H25Cl2F3N2. The summed E-state index contributed by atoms with van der Waals surface area (Å²) >= 11 is 5.76. The Morgan fingerprint density at radius 1 is 1.24 bits per heavy atom. The van der Waals surface area contributed by atoms with Gasteiger partial charge in [-0.1, -0.05) is 30.2 Å². The first kappa shape index (κ1) is 22.3. The summed E-state index contributed by atoms with van der Waals surface area (Å²) in [6.45, 7) is 7.13. The van der Waals surface area contributed by atoms with Crippen LogP contribution >= 0.6 is 24.0 Å². The van der Waals surface area contributed by atoms with E-state index in [1.54, 1.807) is 6.07 Å². The number of allylic oxidation sites excluding steroid dienone is 1. The highest BCUT2D eigenvalue weighted by Gasteiger charge is 2.34. The molecule has 0 spiro atoms. The van der Waals surface area contributed by atoms with Gasteiger partial charge in [0.25, 0.3) is 0 Å². The van der Waals surface area contributed by atoms with E-state index in [2.05, 4.69) is 16.8 Å². The van der Waals surface area contributed by atoms with Crippen LogP contribution in [0.3, 0.4) is 0 Å². The highest BCUT2D eigenvalue weighted by Crippen LogP contribution is 2.38. The molecular weight excluding hydrogens is 372 g/mol. The summed E-state index contributed by atoms with van der Waals surface area (Å²) in [5.41, 5.74) is -0.0416. The largest absolute Gasteiger partial charge is 0.417 e. The van der Waals surface area contributed by atoms with Gasteiger partial charge < -0.3 is 5.32 Å². The van der Waals surface area contributed by atoms with Crippen LogP contribution in [0, 0.1) is 0 Å². The highest BCUT2D eigenvalue weighted by atomic mass is 35.5. The first-order valence-electron chi connectivity index (χ1n) is 8.36. The second-order valence-electron chi connectivity index (χ2n) is 6.11. The maximum absolute atomic E-state index is 13.2. The number of rotatable bonds is 7. The van der Waals surface area contributed by atoms with Gasteiger partial charge in [0.05, 0.1) is 10.6 Å². The molecule has 1 heterocycles. The van der Waals surface area contributed by atoms with E-state index in [1.807, 2.05) is 6.08 Å². The van der Waals surface area contributed by atoms with Crippen molar-refractivity contribution in [1.29, 1.82) is 0 Å². The molecule has 25 heavy (non-hydrogen) atoms. The molecule has 1 N–H and O–H groups in total. The van der Waals surface area contributed by atoms with Gasteiger partial charge in [0.15, 0.2) is 0 Å². The predicted molar refractivity (Wildman–Crippen MR) is 99.6 cm³/mol. The van der Waals surface area contributed by atoms with E-state index in [1.165, 1.54) is 12.1 Å². The topological polar surface area (TPSA) is 15.3 Å². The first-order chi connectivity index (χ1) is 11.4. The molecule has 1 atom stereocenters. The van der Waals surface area contributed by atoms with Crippen LogP contribution in [0.4, 0.5) is 13.2 Å². The van der Waals surface area contributed by atoms with Gasteiger partial charge in [0.1, 0.15) is 0 Å². The fraction of sp³-hybridized carbons (Fsp3) is 0.556. The third kappa shape index (κ3) is 6.48. The van der Waals surface area contributed by atoms with Crippen molar-refractivity contribution in [1.82, 2.24) is 10.2 Å². The lowest BCUT2D eigenvalue weighted by atomic mass is 9.96. The summed E-state index contributed by atoms with van der Waals surface area (Å²) in [6, 6.07) is 4.33. The number of unbranched alkanes of at least 4 members (excludes halogenated alkanes) is 2. The van der Waals surface area contributed by atoms with Gasteiger partial charge in [-0.2, -0.15) is 13.2 Å². The van der Waals surface area contributed by atoms with Crippen LogP contribution in [0.2, 0.25) is 5.02 Å². The molecule has 0 amide bonds. The van der Waals surface area contributed by atoms with Crippen LogP contribution in [0.1, 0.15) is 42.9 Å².